The SMILES string of the molecule is Clc1ncnc2c1oc1ccc(-c3cccc4ccccc34)cc12. The molecule has 24 heavy (non-hydrogen) atoms. The molecule has 0 spiro atoms. The summed E-state index contributed by atoms with van der Waals surface area (Å²) in [5.41, 5.74) is 4.34. The number of halogens is 1. The van der Waals surface area contributed by atoms with E-state index in [0.717, 1.165) is 22.0 Å². The highest BCUT2D eigenvalue weighted by Gasteiger charge is 2.13. The maximum absolute atomic E-state index is 6.12. The maximum atomic E-state index is 6.12. The topological polar surface area (TPSA) is 38.9 Å². The van der Waals surface area contributed by atoms with E-state index in [1.54, 1.807) is 0 Å². The van der Waals surface area contributed by atoms with Crippen LogP contribution in [-0.4, -0.2) is 9.97 Å². The average molecular weight is 331 g/mol. The standard InChI is InChI=1S/C20H11ClN2O/c21-20-19-18(22-11-23-20)16-10-13(8-9-17(16)24-19)15-7-3-5-12-4-1-2-6-14(12)15/h1-11H. The molecule has 3 aromatic carbocycles. The molecule has 5 aromatic rings. The van der Waals surface area contributed by atoms with E-state index in [2.05, 4.69) is 64.6 Å². The Morgan fingerprint density at radius 2 is 1.71 bits per heavy atom. The Hall–Kier alpha value is -2.91. The quantitative estimate of drug-likeness (QED) is 0.362. The van der Waals surface area contributed by atoms with E-state index < -0.39 is 0 Å². The van der Waals surface area contributed by atoms with Gasteiger partial charge in [-0.2, -0.15) is 0 Å². The first-order valence-electron chi connectivity index (χ1n) is 7.62. The lowest BCUT2D eigenvalue weighted by Gasteiger charge is -2.06. The highest BCUT2D eigenvalue weighted by molar-refractivity contribution is 6.34. The van der Waals surface area contributed by atoms with Crippen molar-refractivity contribution >= 4 is 44.4 Å². The number of furan rings is 1. The van der Waals surface area contributed by atoms with Crippen LogP contribution in [0, 0.1) is 0 Å². The number of aromatic nitrogens is 2. The van der Waals surface area contributed by atoms with E-state index in [0.29, 0.717) is 10.7 Å². The maximum Gasteiger partial charge on any atom is 0.191 e. The highest BCUT2D eigenvalue weighted by atomic mass is 35.5. The van der Waals surface area contributed by atoms with Gasteiger partial charge in [-0.25, -0.2) is 9.97 Å². The third-order valence-electron chi connectivity index (χ3n) is 4.31. The fourth-order valence-corrected chi connectivity index (χ4v) is 3.36. The van der Waals surface area contributed by atoms with Crippen LogP contribution < -0.4 is 0 Å². The van der Waals surface area contributed by atoms with Crippen molar-refractivity contribution in [2.24, 2.45) is 0 Å². The van der Waals surface area contributed by atoms with E-state index in [9.17, 15) is 0 Å². The smallest absolute Gasteiger partial charge is 0.191 e. The number of nitrogens with zero attached hydrogens (tertiary/aromatic N) is 2. The predicted octanol–water partition coefficient (Wildman–Crippen LogP) is 5.85. The Balaban J connectivity index is 1.84. The summed E-state index contributed by atoms with van der Waals surface area (Å²) >= 11 is 6.12. The minimum absolute atomic E-state index is 0.336. The molecule has 0 amide bonds. The Morgan fingerprint density at radius 3 is 2.67 bits per heavy atom. The molecule has 0 N–H and O–H groups in total. The summed E-state index contributed by atoms with van der Waals surface area (Å²) in [7, 11) is 0. The first kappa shape index (κ1) is 13.5. The van der Waals surface area contributed by atoms with E-state index in [1.165, 1.54) is 22.7 Å². The normalized spacial score (nSPS) is 11.5. The van der Waals surface area contributed by atoms with Gasteiger partial charge in [0, 0.05) is 5.39 Å². The van der Waals surface area contributed by atoms with Gasteiger partial charge in [-0.1, -0.05) is 60.1 Å². The minimum Gasteiger partial charge on any atom is -0.451 e. The molecular weight excluding hydrogens is 320 g/mol. The summed E-state index contributed by atoms with van der Waals surface area (Å²) in [5.74, 6) is 0. The van der Waals surface area contributed by atoms with E-state index in [-0.39, 0.29) is 0 Å². The molecule has 0 fully saturated rings. The lowest BCUT2D eigenvalue weighted by atomic mass is 9.97. The second-order valence-electron chi connectivity index (χ2n) is 5.68. The van der Waals surface area contributed by atoms with Crippen molar-refractivity contribution in [3.8, 4) is 11.1 Å². The molecule has 3 nitrogen and oxygen atoms in total. The van der Waals surface area contributed by atoms with Gasteiger partial charge in [-0.15, -0.1) is 0 Å². The Kier molecular flexibility index (Phi) is 2.84. The molecule has 0 aliphatic rings. The molecule has 0 radical (unpaired) electrons. The number of rotatable bonds is 1. The van der Waals surface area contributed by atoms with Gasteiger partial charge in [0.15, 0.2) is 10.7 Å². The molecular formula is C20H11ClN2O. The van der Waals surface area contributed by atoms with Crippen LogP contribution in [-0.2, 0) is 0 Å². The molecule has 0 saturated carbocycles. The third-order valence-corrected chi connectivity index (χ3v) is 4.58. The lowest BCUT2D eigenvalue weighted by molar-refractivity contribution is 0.666. The van der Waals surface area contributed by atoms with Crippen molar-refractivity contribution in [3.63, 3.8) is 0 Å². The zero-order valence-electron chi connectivity index (χ0n) is 12.5. The van der Waals surface area contributed by atoms with Crippen LogP contribution in [0.1, 0.15) is 0 Å². The van der Waals surface area contributed by atoms with Gasteiger partial charge in [0.1, 0.15) is 17.4 Å². The molecule has 2 heterocycles. The second kappa shape index (κ2) is 5.05. The second-order valence-corrected chi connectivity index (χ2v) is 6.04. The zero-order chi connectivity index (χ0) is 16.1. The van der Waals surface area contributed by atoms with E-state index in [4.69, 9.17) is 16.0 Å². The van der Waals surface area contributed by atoms with Crippen molar-refractivity contribution in [2.75, 3.05) is 0 Å². The van der Waals surface area contributed by atoms with Gasteiger partial charge in [0.05, 0.1) is 0 Å². The highest BCUT2D eigenvalue weighted by Crippen LogP contribution is 2.35. The van der Waals surface area contributed by atoms with Gasteiger partial charge in [-0.05, 0) is 34.0 Å². The fourth-order valence-electron chi connectivity index (χ4n) is 3.19. The molecule has 114 valence electrons. The Labute approximate surface area is 142 Å². The van der Waals surface area contributed by atoms with E-state index in [1.807, 2.05) is 6.07 Å². The van der Waals surface area contributed by atoms with Crippen LogP contribution >= 0.6 is 11.6 Å². The van der Waals surface area contributed by atoms with Crippen LogP contribution in [0.5, 0.6) is 0 Å². The van der Waals surface area contributed by atoms with Crippen LogP contribution in [0.15, 0.2) is 71.4 Å². The summed E-state index contributed by atoms with van der Waals surface area (Å²) in [4.78, 5) is 8.32. The predicted molar refractivity (Wildman–Crippen MR) is 97.3 cm³/mol. The molecule has 5 rings (SSSR count). The van der Waals surface area contributed by atoms with Gasteiger partial charge in [0.2, 0.25) is 0 Å². The van der Waals surface area contributed by atoms with Crippen LogP contribution in [0.25, 0.3) is 44.0 Å². The van der Waals surface area contributed by atoms with Crippen molar-refractivity contribution in [1.29, 1.82) is 0 Å². The molecule has 4 heteroatoms. The summed E-state index contributed by atoms with van der Waals surface area (Å²) in [6.45, 7) is 0. The number of hydrogen-bond acceptors (Lipinski definition) is 3. The monoisotopic (exact) mass is 330 g/mol. The molecule has 0 aliphatic carbocycles. The van der Waals surface area contributed by atoms with Gasteiger partial charge >= 0.3 is 0 Å². The molecule has 0 atom stereocenters. The number of hydrogen-bond donors (Lipinski definition) is 0. The zero-order valence-corrected chi connectivity index (χ0v) is 13.3. The lowest BCUT2D eigenvalue weighted by Crippen LogP contribution is -1.82. The van der Waals surface area contributed by atoms with E-state index >= 15 is 0 Å². The summed E-state index contributed by atoms with van der Waals surface area (Å²) in [6.07, 6.45) is 1.46. The van der Waals surface area contributed by atoms with Gasteiger partial charge in [0.25, 0.3) is 0 Å². The molecule has 0 saturated heterocycles. The number of fused-ring (bicyclic) bond motifs is 4. The molecule has 0 unspecified atom stereocenters. The Bertz CT molecular complexity index is 1220. The summed E-state index contributed by atoms with van der Waals surface area (Å²) < 4.78 is 5.80. The molecule has 2 aromatic heterocycles. The summed E-state index contributed by atoms with van der Waals surface area (Å²) in [6, 6.07) is 20.8. The minimum atomic E-state index is 0.336. The van der Waals surface area contributed by atoms with Crippen LogP contribution in [0.3, 0.4) is 0 Å². The van der Waals surface area contributed by atoms with Crippen molar-refractivity contribution < 1.29 is 4.42 Å². The van der Waals surface area contributed by atoms with Crippen molar-refractivity contribution in [2.45, 2.75) is 0 Å². The number of benzene rings is 3. The molecule has 0 aliphatic heterocycles. The van der Waals surface area contributed by atoms with Crippen molar-refractivity contribution in [3.05, 3.63) is 72.1 Å². The van der Waals surface area contributed by atoms with Crippen LogP contribution in [0.2, 0.25) is 5.15 Å². The third kappa shape index (κ3) is 1.92. The summed E-state index contributed by atoms with van der Waals surface area (Å²) in [5, 5.41) is 3.72. The fraction of sp³-hybridized carbons (Fsp3) is 0. The van der Waals surface area contributed by atoms with Crippen LogP contribution in [0.4, 0.5) is 0 Å². The average Bonchev–Trinajstić information content (AvgIpc) is 3.01. The van der Waals surface area contributed by atoms with Gasteiger partial charge in [-0.3, -0.25) is 0 Å². The molecule has 0 bridgehead atoms. The van der Waals surface area contributed by atoms with Gasteiger partial charge < -0.3 is 4.42 Å². The first-order chi connectivity index (χ1) is 11.8. The first-order valence-corrected chi connectivity index (χ1v) is 8.00. The largest absolute Gasteiger partial charge is 0.451 e. The van der Waals surface area contributed by atoms with Crippen molar-refractivity contribution in [1.82, 2.24) is 9.97 Å². The Morgan fingerprint density at radius 1 is 0.833 bits per heavy atom.